The molecule has 0 saturated heterocycles. The quantitative estimate of drug-likeness (QED) is 0.841. The van der Waals surface area contributed by atoms with E-state index in [0.29, 0.717) is 12.1 Å². The second kappa shape index (κ2) is 6.59. The Morgan fingerprint density at radius 3 is 2.05 bits per heavy atom. The highest BCUT2D eigenvalue weighted by molar-refractivity contribution is 5.85. The van der Waals surface area contributed by atoms with Crippen molar-refractivity contribution < 1.29 is 18.3 Å². The maximum absolute atomic E-state index is 13.4. The minimum Gasteiger partial charge on any atom is -0.388 e. The molecule has 0 aliphatic rings. The van der Waals surface area contributed by atoms with E-state index in [2.05, 4.69) is 0 Å². The van der Waals surface area contributed by atoms with E-state index in [1.165, 1.54) is 0 Å². The Morgan fingerprint density at radius 2 is 1.58 bits per heavy atom. The second-order valence-corrected chi connectivity index (χ2v) is 5.51. The Hall–Kier alpha value is -0.780. The molecule has 19 heavy (non-hydrogen) atoms. The van der Waals surface area contributed by atoms with Crippen LogP contribution in [0.25, 0.3) is 0 Å². The maximum Gasteiger partial charge on any atom is 0.161 e. The largest absolute Gasteiger partial charge is 0.388 e. The Morgan fingerprint density at radius 1 is 1.11 bits per heavy atom. The standard InChI is InChI=1S/C13H18F3NO.ClH/c1-13(2,3)12(17)6-11(18)7-4-9(15)10(16)5-8(7)14;/h4-5,11-12,18H,6,17H2,1-3H3;1H/t11-,12-;/m0./s1. The molecule has 110 valence electrons. The first kappa shape index (κ1) is 18.2. The summed E-state index contributed by atoms with van der Waals surface area (Å²) in [4.78, 5) is 0. The summed E-state index contributed by atoms with van der Waals surface area (Å²) in [7, 11) is 0. The molecule has 0 bridgehead atoms. The van der Waals surface area contributed by atoms with Crippen LogP contribution < -0.4 is 5.73 Å². The fraction of sp³-hybridized carbons (Fsp3) is 0.538. The van der Waals surface area contributed by atoms with E-state index < -0.39 is 23.6 Å². The number of aliphatic hydroxyl groups is 1. The average Bonchev–Trinajstić information content (AvgIpc) is 2.21. The lowest BCUT2D eigenvalue weighted by atomic mass is 9.83. The van der Waals surface area contributed by atoms with Crippen LogP contribution in [0.5, 0.6) is 0 Å². The van der Waals surface area contributed by atoms with Gasteiger partial charge in [-0.15, -0.1) is 12.4 Å². The Bertz CT molecular complexity index is 435. The third kappa shape index (κ3) is 4.67. The molecule has 0 aromatic heterocycles. The molecule has 3 N–H and O–H groups in total. The third-order valence-corrected chi connectivity index (χ3v) is 2.99. The zero-order valence-corrected chi connectivity index (χ0v) is 11.9. The van der Waals surface area contributed by atoms with Crippen molar-refractivity contribution in [3.63, 3.8) is 0 Å². The normalized spacial score (nSPS) is 14.7. The smallest absolute Gasteiger partial charge is 0.161 e. The number of aliphatic hydroxyl groups excluding tert-OH is 1. The highest BCUT2D eigenvalue weighted by Crippen LogP contribution is 2.28. The van der Waals surface area contributed by atoms with Crippen molar-refractivity contribution in [2.75, 3.05) is 0 Å². The van der Waals surface area contributed by atoms with Gasteiger partial charge in [-0.1, -0.05) is 20.8 Å². The van der Waals surface area contributed by atoms with E-state index in [1.807, 2.05) is 20.8 Å². The lowest BCUT2D eigenvalue weighted by Gasteiger charge is -2.29. The van der Waals surface area contributed by atoms with Crippen molar-refractivity contribution in [1.82, 2.24) is 0 Å². The minimum atomic E-state index is -1.27. The zero-order chi connectivity index (χ0) is 14.1. The highest BCUT2D eigenvalue weighted by Gasteiger charge is 2.26. The molecule has 0 aliphatic carbocycles. The van der Waals surface area contributed by atoms with Gasteiger partial charge < -0.3 is 10.8 Å². The maximum atomic E-state index is 13.4. The van der Waals surface area contributed by atoms with E-state index in [1.54, 1.807) is 0 Å². The van der Waals surface area contributed by atoms with Gasteiger partial charge in [-0.2, -0.15) is 0 Å². The summed E-state index contributed by atoms with van der Waals surface area (Å²) in [6.07, 6.45) is -1.18. The zero-order valence-electron chi connectivity index (χ0n) is 11.1. The molecule has 0 spiro atoms. The van der Waals surface area contributed by atoms with E-state index in [9.17, 15) is 18.3 Å². The van der Waals surface area contributed by atoms with Gasteiger partial charge in [-0.05, 0) is 17.9 Å². The molecular weight excluding hydrogens is 279 g/mol. The molecule has 1 rings (SSSR count). The molecular formula is C13H19ClF3NO. The van der Waals surface area contributed by atoms with E-state index >= 15 is 0 Å². The predicted molar refractivity (Wildman–Crippen MR) is 70.6 cm³/mol. The third-order valence-electron chi connectivity index (χ3n) is 2.99. The van der Waals surface area contributed by atoms with Gasteiger partial charge in [0.1, 0.15) is 5.82 Å². The van der Waals surface area contributed by atoms with Crippen molar-refractivity contribution in [2.45, 2.75) is 39.3 Å². The molecule has 0 fully saturated rings. The van der Waals surface area contributed by atoms with Crippen molar-refractivity contribution in [3.05, 3.63) is 35.1 Å². The molecule has 2 nitrogen and oxygen atoms in total. The van der Waals surface area contributed by atoms with Crippen molar-refractivity contribution in [2.24, 2.45) is 11.1 Å². The van der Waals surface area contributed by atoms with Gasteiger partial charge in [0.15, 0.2) is 11.6 Å². The van der Waals surface area contributed by atoms with Gasteiger partial charge in [0.2, 0.25) is 0 Å². The Kier molecular flexibility index (Phi) is 6.32. The number of nitrogens with two attached hydrogens (primary N) is 1. The first-order chi connectivity index (χ1) is 8.12. The fourth-order valence-electron chi connectivity index (χ4n) is 1.51. The van der Waals surface area contributed by atoms with Crippen LogP contribution in [0.2, 0.25) is 0 Å². The van der Waals surface area contributed by atoms with E-state index in [0.717, 1.165) is 0 Å². The summed E-state index contributed by atoms with van der Waals surface area (Å²) < 4.78 is 39.2. The van der Waals surface area contributed by atoms with Gasteiger partial charge in [0.05, 0.1) is 6.10 Å². The van der Waals surface area contributed by atoms with Gasteiger partial charge in [0, 0.05) is 17.7 Å². The van der Waals surface area contributed by atoms with Gasteiger partial charge >= 0.3 is 0 Å². The molecule has 0 unspecified atom stereocenters. The Balaban J connectivity index is 0.00000324. The topological polar surface area (TPSA) is 46.2 Å². The average molecular weight is 298 g/mol. The summed E-state index contributed by atoms with van der Waals surface area (Å²) in [6.45, 7) is 5.64. The summed E-state index contributed by atoms with van der Waals surface area (Å²) >= 11 is 0. The summed E-state index contributed by atoms with van der Waals surface area (Å²) in [5.41, 5.74) is 5.32. The van der Waals surface area contributed by atoms with Crippen LogP contribution >= 0.6 is 12.4 Å². The molecule has 1 aromatic rings. The van der Waals surface area contributed by atoms with Crippen LogP contribution in [0.1, 0.15) is 38.9 Å². The van der Waals surface area contributed by atoms with E-state index in [-0.39, 0.29) is 35.8 Å². The molecule has 0 saturated carbocycles. The number of hydrogen-bond donors (Lipinski definition) is 2. The molecule has 0 amide bonds. The molecule has 0 aliphatic heterocycles. The van der Waals surface area contributed by atoms with Crippen LogP contribution in [0.4, 0.5) is 13.2 Å². The number of benzene rings is 1. The summed E-state index contributed by atoms with van der Waals surface area (Å²) in [5.74, 6) is -3.43. The van der Waals surface area contributed by atoms with Crippen LogP contribution in [0.15, 0.2) is 12.1 Å². The molecule has 2 atom stereocenters. The minimum absolute atomic E-state index is 0. The van der Waals surface area contributed by atoms with Crippen LogP contribution in [-0.4, -0.2) is 11.1 Å². The second-order valence-electron chi connectivity index (χ2n) is 5.51. The fourth-order valence-corrected chi connectivity index (χ4v) is 1.51. The van der Waals surface area contributed by atoms with Gasteiger partial charge in [-0.3, -0.25) is 0 Å². The number of rotatable bonds is 3. The monoisotopic (exact) mass is 297 g/mol. The van der Waals surface area contributed by atoms with Crippen molar-refractivity contribution >= 4 is 12.4 Å². The first-order valence-electron chi connectivity index (χ1n) is 5.71. The van der Waals surface area contributed by atoms with Crippen LogP contribution in [0.3, 0.4) is 0 Å². The highest BCUT2D eigenvalue weighted by atomic mass is 35.5. The predicted octanol–water partition coefficient (Wildman–Crippen LogP) is 3.32. The molecule has 6 heteroatoms. The lowest BCUT2D eigenvalue weighted by Crippen LogP contribution is -2.36. The van der Waals surface area contributed by atoms with Gasteiger partial charge in [-0.25, -0.2) is 13.2 Å². The molecule has 1 aromatic carbocycles. The van der Waals surface area contributed by atoms with Crippen LogP contribution in [-0.2, 0) is 0 Å². The summed E-state index contributed by atoms with van der Waals surface area (Å²) in [6, 6.07) is 0.710. The first-order valence-corrected chi connectivity index (χ1v) is 5.71. The van der Waals surface area contributed by atoms with Crippen LogP contribution in [0, 0.1) is 22.9 Å². The Labute approximate surface area is 117 Å². The number of hydrogen-bond acceptors (Lipinski definition) is 2. The van der Waals surface area contributed by atoms with Crippen molar-refractivity contribution in [3.8, 4) is 0 Å². The molecule has 0 heterocycles. The van der Waals surface area contributed by atoms with Gasteiger partial charge in [0.25, 0.3) is 0 Å². The SMILES string of the molecule is CC(C)(C)[C@@H](N)C[C@H](O)c1cc(F)c(F)cc1F.Cl. The number of halogens is 4. The molecule has 0 radical (unpaired) electrons. The summed E-state index contributed by atoms with van der Waals surface area (Å²) in [5, 5.41) is 9.84. The van der Waals surface area contributed by atoms with Crippen molar-refractivity contribution in [1.29, 1.82) is 0 Å². The lowest BCUT2D eigenvalue weighted by molar-refractivity contribution is 0.129. The van der Waals surface area contributed by atoms with E-state index in [4.69, 9.17) is 5.73 Å².